The number of rotatable bonds is 7. The van der Waals surface area contributed by atoms with Crippen molar-refractivity contribution < 1.29 is 14.7 Å². The van der Waals surface area contributed by atoms with Gasteiger partial charge in [-0.1, -0.05) is 0 Å². The van der Waals surface area contributed by atoms with Gasteiger partial charge in [-0.25, -0.2) is 14.6 Å². The maximum absolute atomic E-state index is 11.7. The van der Waals surface area contributed by atoms with Gasteiger partial charge in [0.05, 0.1) is 6.33 Å². The number of hydrogen-bond acceptors (Lipinski definition) is 4. The lowest BCUT2D eigenvalue weighted by atomic mass is 10.2. The van der Waals surface area contributed by atoms with E-state index in [2.05, 4.69) is 20.6 Å². The van der Waals surface area contributed by atoms with Gasteiger partial charge in [-0.15, -0.1) is 0 Å². The Labute approximate surface area is 115 Å². The topological polar surface area (TPSA) is 107 Å². The minimum Gasteiger partial charge on any atom is -0.480 e. The number of thioether (sulfide) groups is 1. The molecule has 0 fully saturated rings. The summed E-state index contributed by atoms with van der Waals surface area (Å²) in [5.74, 6) is -0.312. The van der Waals surface area contributed by atoms with E-state index in [9.17, 15) is 9.59 Å². The number of carbonyl (C=O) groups excluding carboxylic acids is 1. The first kappa shape index (κ1) is 15.4. The molecule has 0 spiro atoms. The molecule has 0 radical (unpaired) electrons. The van der Waals surface area contributed by atoms with Crippen molar-refractivity contribution >= 4 is 23.8 Å². The lowest BCUT2D eigenvalue weighted by Crippen LogP contribution is -2.49. The molecule has 7 nitrogen and oxygen atoms in total. The Morgan fingerprint density at radius 1 is 1.53 bits per heavy atom. The fourth-order valence-electron chi connectivity index (χ4n) is 1.53. The highest BCUT2D eigenvalue weighted by Gasteiger charge is 2.21. The van der Waals surface area contributed by atoms with Crippen LogP contribution in [0, 0.1) is 0 Å². The minimum absolute atomic E-state index is 0.0170. The maximum Gasteiger partial charge on any atom is 0.326 e. The van der Waals surface area contributed by atoms with Crippen LogP contribution in [0.25, 0.3) is 0 Å². The van der Waals surface area contributed by atoms with E-state index in [1.54, 1.807) is 11.8 Å². The van der Waals surface area contributed by atoms with Crippen molar-refractivity contribution in [3.8, 4) is 0 Å². The van der Waals surface area contributed by atoms with Crippen LogP contribution in [0.3, 0.4) is 0 Å². The third-order valence-electron chi connectivity index (χ3n) is 2.38. The molecule has 8 heteroatoms. The Balaban J connectivity index is 2.49. The number of H-pyrrole nitrogens is 1. The molecule has 1 rings (SSSR count). The Hall–Kier alpha value is -1.70. The average Bonchev–Trinajstić information content (AvgIpc) is 2.80. The largest absolute Gasteiger partial charge is 0.480 e. The number of hydrogen-bond donors (Lipinski definition) is 4. The first-order valence-corrected chi connectivity index (χ1v) is 7.18. The van der Waals surface area contributed by atoms with Crippen molar-refractivity contribution in [3.63, 3.8) is 0 Å². The Kier molecular flexibility index (Phi) is 6.20. The summed E-state index contributed by atoms with van der Waals surface area (Å²) in [4.78, 5) is 29.4. The van der Waals surface area contributed by atoms with E-state index in [-0.39, 0.29) is 12.5 Å². The summed E-state index contributed by atoms with van der Waals surface area (Å²) in [7, 11) is 0. The molecule has 0 aliphatic heterocycles. The summed E-state index contributed by atoms with van der Waals surface area (Å²) in [6.07, 6.45) is 5.11. The number of aliphatic carboxylic acids is 1. The van der Waals surface area contributed by atoms with Crippen molar-refractivity contribution in [2.24, 2.45) is 0 Å². The van der Waals surface area contributed by atoms with Gasteiger partial charge in [-0.05, 0) is 13.2 Å². The number of nitrogens with one attached hydrogen (secondary N) is 3. The molecule has 1 heterocycles. The smallest absolute Gasteiger partial charge is 0.326 e. The lowest BCUT2D eigenvalue weighted by Gasteiger charge is -2.17. The molecule has 1 aromatic heterocycles. The maximum atomic E-state index is 11.7. The van der Waals surface area contributed by atoms with Crippen molar-refractivity contribution in [1.82, 2.24) is 20.6 Å². The fourth-order valence-corrected chi connectivity index (χ4v) is 2.12. The van der Waals surface area contributed by atoms with E-state index in [1.807, 2.05) is 13.2 Å². The molecular formula is C11H18N4O3S. The number of carbonyl (C=O) groups is 2. The van der Waals surface area contributed by atoms with Crippen molar-refractivity contribution in [3.05, 3.63) is 18.2 Å². The summed E-state index contributed by atoms with van der Waals surface area (Å²) >= 11 is 1.61. The standard InChI is InChI=1S/C11H18N4O3S/c1-7(5-19-2)14-11(18)15-9(10(16)17)3-8-4-12-6-13-8/h4,6-7,9H,3,5H2,1-2H3,(H,12,13)(H,16,17)(H2,14,15,18)/t7?,9-/m0/s1. The first-order chi connectivity index (χ1) is 9.02. The van der Waals surface area contributed by atoms with E-state index in [1.165, 1.54) is 12.5 Å². The molecule has 106 valence electrons. The molecule has 19 heavy (non-hydrogen) atoms. The third-order valence-corrected chi connectivity index (χ3v) is 3.21. The molecule has 0 bridgehead atoms. The van der Waals surface area contributed by atoms with Crippen LogP contribution in [0.5, 0.6) is 0 Å². The highest BCUT2D eigenvalue weighted by atomic mass is 32.2. The summed E-state index contributed by atoms with van der Waals surface area (Å²) < 4.78 is 0. The van der Waals surface area contributed by atoms with Gasteiger partial charge in [0, 0.05) is 30.1 Å². The second-order valence-electron chi connectivity index (χ2n) is 4.15. The van der Waals surface area contributed by atoms with Crippen LogP contribution in [0.2, 0.25) is 0 Å². The first-order valence-electron chi connectivity index (χ1n) is 5.79. The molecule has 1 unspecified atom stereocenters. The number of carboxylic acid groups (broad SMARTS) is 1. The molecule has 2 atom stereocenters. The second kappa shape index (κ2) is 7.67. The molecule has 2 amide bonds. The molecular weight excluding hydrogens is 268 g/mol. The van der Waals surface area contributed by atoms with Crippen LogP contribution in [-0.4, -0.2) is 51.2 Å². The molecule has 0 aliphatic carbocycles. The molecule has 1 aromatic rings. The van der Waals surface area contributed by atoms with Gasteiger partial charge in [0.2, 0.25) is 0 Å². The molecule has 0 saturated carbocycles. The fraction of sp³-hybridized carbons (Fsp3) is 0.545. The summed E-state index contributed by atoms with van der Waals surface area (Å²) in [5.41, 5.74) is 0.657. The van der Waals surface area contributed by atoms with Crippen molar-refractivity contribution in [2.45, 2.75) is 25.4 Å². The molecule has 0 aliphatic rings. The zero-order chi connectivity index (χ0) is 14.3. The SMILES string of the molecule is CSCC(C)NC(=O)N[C@@H](Cc1cnc[nH]1)C(=O)O. The Morgan fingerprint density at radius 3 is 2.79 bits per heavy atom. The van der Waals surface area contributed by atoms with Crippen molar-refractivity contribution in [1.29, 1.82) is 0 Å². The van der Waals surface area contributed by atoms with Gasteiger partial charge in [0.15, 0.2) is 0 Å². The number of imidazole rings is 1. The van der Waals surface area contributed by atoms with Crippen molar-refractivity contribution in [2.75, 3.05) is 12.0 Å². The number of amides is 2. The van der Waals surface area contributed by atoms with Crippen LogP contribution >= 0.6 is 11.8 Å². The van der Waals surface area contributed by atoms with E-state index in [0.717, 1.165) is 5.75 Å². The summed E-state index contributed by atoms with van der Waals surface area (Å²) in [6, 6.07) is -1.48. The number of carboxylic acids is 1. The average molecular weight is 286 g/mol. The van der Waals surface area contributed by atoms with E-state index in [4.69, 9.17) is 5.11 Å². The van der Waals surface area contributed by atoms with Crippen LogP contribution < -0.4 is 10.6 Å². The molecule has 0 aromatic carbocycles. The van der Waals surface area contributed by atoms with Gasteiger partial charge in [0.1, 0.15) is 6.04 Å². The van der Waals surface area contributed by atoms with Crippen LogP contribution in [-0.2, 0) is 11.2 Å². The molecule has 0 saturated heterocycles. The second-order valence-corrected chi connectivity index (χ2v) is 5.06. The monoisotopic (exact) mass is 286 g/mol. The highest BCUT2D eigenvalue weighted by Crippen LogP contribution is 2.00. The number of aromatic nitrogens is 2. The van der Waals surface area contributed by atoms with E-state index < -0.39 is 18.0 Å². The predicted octanol–water partition coefficient (Wildman–Crippen LogP) is 0.456. The van der Waals surface area contributed by atoms with E-state index in [0.29, 0.717) is 5.69 Å². The predicted molar refractivity (Wildman–Crippen MR) is 73.2 cm³/mol. The van der Waals surface area contributed by atoms with Gasteiger partial charge < -0.3 is 20.7 Å². The van der Waals surface area contributed by atoms with Gasteiger partial charge >= 0.3 is 12.0 Å². The third kappa shape index (κ3) is 5.64. The highest BCUT2D eigenvalue weighted by molar-refractivity contribution is 7.98. The van der Waals surface area contributed by atoms with Gasteiger partial charge in [0.25, 0.3) is 0 Å². The van der Waals surface area contributed by atoms with Gasteiger partial charge in [-0.3, -0.25) is 0 Å². The summed E-state index contributed by atoms with van der Waals surface area (Å²) in [6.45, 7) is 1.86. The van der Waals surface area contributed by atoms with Crippen LogP contribution in [0.15, 0.2) is 12.5 Å². The quantitative estimate of drug-likeness (QED) is 0.582. The minimum atomic E-state index is -1.08. The lowest BCUT2D eigenvalue weighted by molar-refractivity contribution is -0.139. The van der Waals surface area contributed by atoms with Gasteiger partial charge in [-0.2, -0.15) is 11.8 Å². The molecule has 4 N–H and O–H groups in total. The zero-order valence-corrected chi connectivity index (χ0v) is 11.7. The van der Waals surface area contributed by atoms with Crippen LogP contribution in [0.4, 0.5) is 4.79 Å². The Bertz CT molecular complexity index is 410. The Morgan fingerprint density at radius 2 is 2.26 bits per heavy atom. The number of nitrogens with zero attached hydrogens (tertiary/aromatic N) is 1. The zero-order valence-electron chi connectivity index (χ0n) is 10.8. The van der Waals surface area contributed by atoms with Crippen LogP contribution in [0.1, 0.15) is 12.6 Å². The number of urea groups is 1. The number of aromatic amines is 1. The summed E-state index contributed by atoms with van der Waals surface area (Å²) in [5, 5.41) is 14.2. The normalized spacial score (nSPS) is 13.6. The van der Waals surface area contributed by atoms with E-state index >= 15 is 0 Å².